The lowest BCUT2D eigenvalue weighted by Crippen LogP contribution is -2.54. The molecule has 1 aromatic heterocycles. The van der Waals surface area contributed by atoms with Crippen molar-refractivity contribution in [1.29, 1.82) is 0 Å². The van der Waals surface area contributed by atoms with Crippen LogP contribution in [0.2, 0.25) is 0 Å². The lowest BCUT2D eigenvalue weighted by Gasteiger charge is -2.26. The molecule has 1 aliphatic rings. The second-order valence-corrected chi connectivity index (χ2v) is 6.79. The molecule has 134 valence electrons. The number of amides is 4. The fourth-order valence-electron chi connectivity index (χ4n) is 2.98. The lowest BCUT2D eigenvalue weighted by atomic mass is 10.1. The first kappa shape index (κ1) is 17.7. The van der Waals surface area contributed by atoms with Crippen LogP contribution in [0, 0.1) is 13.8 Å². The number of urea groups is 1. The lowest BCUT2D eigenvalue weighted by molar-refractivity contribution is -0.122. The summed E-state index contributed by atoms with van der Waals surface area (Å²) in [5, 5.41) is 2.25. The van der Waals surface area contributed by atoms with Gasteiger partial charge in [-0.1, -0.05) is 6.07 Å². The molecular formula is C20H21N3O3. The number of rotatable bonds is 3. The predicted molar refractivity (Wildman–Crippen MR) is 99.7 cm³/mol. The average molecular weight is 351 g/mol. The number of hydrogen-bond acceptors (Lipinski definition) is 3. The molecule has 0 atom stereocenters. The highest BCUT2D eigenvalue weighted by atomic mass is 16.2. The fourth-order valence-corrected chi connectivity index (χ4v) is 2.98. The van der Waals surface area contributed by atoms with Gasteiger partial charge >= 0.3 is 6.03 Å². The van der Waals surface area contributed by atoms with Crippen molar-refractivity contribution in [3.63, 3.8) is 0 Å². The molecule has 1 fully saturated rings. The minimum absolute atomic E-state index is 0.0646. The van der Waals surface area contributed by atoms with Gasteiger partial charge in [-0.05, 0) is 68.7 Å². The van der Waals surface area contributed by atoms with Gasteiger partial charge in [0.25, 0.3) is 11.8 Å². The van der Waals surface area contributed by atoms with Crippen LogP contribution in [-0.2, 0) is 9.59 Å². The zero-order valence-electron chi connectivity index (χ0n) is 15.2. The smallest absolute Gasteiger partial charge is 0.335 e. The van der Waals surface area contributed by atoms with E-state index in [0.717, 1.165) is 21.6 Å². The molecule has 6 nitrogen and oxygen atoms in total. The maximum absolute atomic E-state index is 12.9. The van der Waals surface area contributed by atoms with Gasteiger partial charge in [0.2, 0.25) is 0 Å². The fraction of sp³-hybridized carbons (Fsp3) is 0.250. The van der Waals surface area contributed by atoms with Gasteiger partial charge < -0.3 is 4.57 Å². The van der Waals surface area contributed by atoms with E-state index in [-0.39, 0.29) is 11.6 Å². The summed E-state index contributed by atoms with van der Waals surface area (Å²) in [5.74, 6) is -1.31. The van der Waals surface area contributed by atoms with Gasteiger partial charge in [0.15, 0.2) is 0 Å². The number of imide groups is 2. The topological polar surface area (TPSA) is 71.4 Å². The van der Waals surface area contributed by atoms with Gasteiger partial charge in [0.05, 0.1) is 5.69 Å². The predicted octanol–water partition coefficient (Wildman–Crippen LogP) is 3.35. The summed E-state index contributed by atoms with van der Waals surface area (Å²) in [7, 11) is 0. The van der Waals surface area contributed by atoms with Gasteiger partial charge in [0.1, 0.15) is 5.57 Å². The number of benzene rings is 1. The molecule has 0 saturated carbocycles. The summed E-state index contributed by atoms with van der Waals surface area (Å²) < 4.78 is 1.98. The molecule has 2 aromatic rings. The number of nitrogens with zero attached hydrogens (tertiary/aromatic N) is 2. The Morgan fingerprint density at radius 3 is 2.27 bits per heavy atom. The summed E-state index contributed by atoms with van der Waals surface area (Å²) in [6, 6.07) is 6.80. The number of aryl methyl sites for hydroxylation is 2. The summed E-state index contributed by atoms with van der Waals surface area (Å²) in [4.78, 5) is 38.4. The van der Waals surface area contributed by atoms with E-state index in [9.17, 15) is 14.4 Å². The van der Waals surface area contributed by atoms with E-state index in [1.165, 1.54) is 6.08 Å². The van der Waals surface area contributed by atoms with E-state index in [4.69, 9.17) is 0 Å². The molecule has 4 amide bonds. The van der Waals surface area contributed by atoms with Gasteiger partial charge in [-0.3, -0.25) is 14.9 Å². The molecule has 26 heavy (non-hydrogen) atoms. The van der Waals surface area contributed by atoms with Gasteiger partial charge in [-0.15, -0.1) is 0 Å². The highest BCUT2D eigenvalue weighted by Gasteiger charge is 2.36. The largest absolute Gasteiger partial charge is 0.351 e. The second-order valence-electron chi connectivity index (χ2n) is 6.79. The molecule has 6 heteroatoms. The number of nitrogens with one attached hydrogen (secondary N) is 1. The maximum atomic E-state index is 12.9. The Kier molecular flexibility index (Phi) is 4.50. The summed E-state index contributed by atoms with van der Waals surface area (Å²) in [6.45, 7) is 7.85. The van der Waals surface area contributed by atoms with Crippen LogP contribution in [0.5, 0.6) is 0 Å². The molecule has 1 N–H and O–H groups in total. The molecule has 0 spiro atoms. The normalized spacial score (nSPS) is 16.6. The number of barbiturate groups is 1. The van der Waals surface area contributed by atoms with E-state index in [0.29, 0.717) is 5.69 Å². The maximum Gasteiger partial charge on any atom is 0.335 e. The molecular weight excluding hydrogens is 330 g/mol. The third-order valence-electron chi connectivity index (χ3n) is 4.21. The Bertz CT molecular complexity index is 917. The van der Waals surface area contributed by atoms with Crippen LogP contribution in [0.15, 0.2) is 42.2 Å². The van der Waals surface area contributed by atoms with Gasteiger partial charge in [-0.2, -0.15) is 0 Å². The van der Waals surface area contributed by atoms with Crippen molar-refractivity contribution in [2.75, 3.05) is 4.90 Å². The molecule has 0 aliphatic carbocycles. The Hall–Kier alpha value is -3.15. The monoisotopic (exact) mass is 351 g/mol. The van der Waals surface area contributed by atoms with Crippen molar-refractivity contribution in [2.24, 2.45) is 0 Å². The van der Waals surface area contributed by atoms with E-state index in [2.05, 4.69) is 5.32 Å². The third-order valence-corrected chi connectivity index (χ3v) is 4.21. The van der Waals surface area contributed by atoms with Crippen LogP contribution in [0.4, 0.5) is 10.5 Å². The Morgan fingerprint density at radius 1 is 1.04 bits per heavy atom. The van der Waals surface area contributed by atoms with Gasteiger partial charge in [0, 0.05) is 18.4 Å². The van der Waals surface area contributed by atoms with E-state index < -0.39 is 17.8 Å². The van der Waals surface area contributed by atoms with Crippen LogP contribution >= 0.6 is 0 Å². The van der Waals surface area contributed by atoms with Crippen molar-refractivity contribution in [2.45, 2.75) is 33.7 Å². The van der Waals surface area contributed by atoms with Crippen LogP contribution in [0.3, 0.4) is 0 Å². The first-order valence-corrected chi connectivity index (χ1v) is 8.43. The van der Waals surface area contributed by atoms with E-state index in [1.54, 1.807) is 12.1 Å². The zero-order valence-corrected chi connectivity index (χ0v) is 15.2. The molecule has 1 saturated heterocycles. The number of hydrogen-bond donors (Lipinski definition) is 1. The highest BCUT2D eigenvalue weighted by Crippen LogP contribution is 2.24. The van der Waals surface area contributed by atoms with Crippen LogP contribution in [0.25, 0.3) is 6.08 Å². The Balaban J connectivity index is 2.01. The first-order valence-electron chi connectivity index (χ1n) is 8.43. The van der Waals surface area contributed by atoms with Crippen molar-refractivity contribution >= 4 is 29.6 Å². The van der Waals surface area contributed by atoms with E-state index >= 15 is 0 Å². The van der Waals surface area contributed by atoms with Crippen LogP contribution in [0.1, 0.15) is 36.6 Å². The van der Waals surface area contributed by atoms with Gasteiger partial charge in [-0.25, -0.2) is 9.69 Å². The van der Waals surface area contributed by atoms with Crippen molar-refractivity contribution < 1.29 is 14.4 Å². The number of carbonyl (C=O) groups excluding carboxylic acids is 3. The molecule has 3 rings (SSSR count). The summed E-state index contributed by atoms with van der Waals surface area (Å²) in [6.07, 6.45) is 5.25. The number of aromatic nitrogens is 1. The van der Waals surface area contributed by atoms with Crippen molar-refractivity contribution in [1.82, 2.24) is 9.88 Å². The Labute approximate surface area is 152 Å². The molecule has 0 radical (unpaired) electrons. The van der Waals surface area contributed by atoms with Crippen molar-refractivity contribution in [3.05, 3.63) is 58.9 Å². The SMILES string of the molecule is Cc1cc(C)cc(N2C(=O)NC(=O)/C(=C/c3ccn(C(C)C)c3)C2=O)c1. The average Bonchev–Trinajstić information content (AvgIpc) is 2.99. The van der Waals surface area contributed by atoms with Crippen molar-refractivity contribution in [3.8, 4) is 0 Å². The molecule has 2 heterocycles. The zero-order chi connectivity index (χ0) is 19.0. The van der Waals surface area contributed by atoms with Crippen LogP contribution in [-0.4, -0.2) is 22.4 Å². The minimum atomic E-state index is -0.734. The molecule has 0 bridgehead atoms. The quantitative estimate of drug-likeness (QED) is 0.681. The molecule has 0 unspecified atom stereocenters. The summed E-state index contributed by atoms with van der Waals surface area (Å²) >= 11 is 0. The molecule has 1 aliphatic heterocycles. The van der Waals surface area contributed by atoms with Crippen LogP contribution < -0.4 is 10.2 Å². The number of anilines is 1. The number of carbonyl (C=O) groups is 3. The second kappa shape index (κ2) is 6.63. The first-order chi connectivity index (χ1) is 12.3. The minimum Gasteiger partial charge on any atom is -0.351 e. The standard InChI is InChI=1S/C20H21N3O3/c1-12(2)22-6-5-15(11-22)10-17-18(24)21-20(26)23(19(17)25)16-8-13(3)7-14(4)9-16/h5-12H,1-4H3,(H,21,24,26)/b17-10-. The van der Waals surface area contributed by atoms with E-state index in [1.807, 2.05) is 56.8 Å². The molecule has 1 aromatic carbocycles. The highest BCUT2D eigenvalue weighted by molar-refractivity contribution is 6.39. The third kappa shape index (κ3) is 3.31. The summed E-state index contributed by atoms with van der Waals surface area (Å²) in [5.41, 5.74) is 2.97. The Morgan fingerprint density at radius 2 is 1.69 bits per heavy atom.